The highest BCUT2D eigenvalue weighted by molar-refractivity contribution is 5.81. The lowest BCUT2D eigenvalue weighted by Gasteiger charge is -2.17. The number of aliphatic hydroxyl groups is 1. The van der Waals surface area contributed by atoms with Gasteiger partial charge in [-0.3, -0.25) is 24.1 Å². The van der Waals surface area contributed by atoms with Crippen LogP contribution in [0.3, 0.4) is 0 Å². The summed E-state index contributed by atoms with van der Waals surface area (Å²) >= 11 is 0. The van der Waals surface area contributed by atoms with Crippen molar-refractivity contribution >= 4 is 16.7 Å². The molecule has 10 heteroatoms. The Kier molecular flexibility index (Phi) is 8.63. The van der Waals surface area contributed by atoms with Gasteiger partial charge in [0.25, 0.3) is 5.56 Å². The number of hydrogen-bond acceptors (Lipinski definition) is 5. The number of pyridine rings is 1. The van der Waals surface area contributed by atoms with Gasteiger partial charge >= 0.3 is 6.18 Å². The molecule has 0 aliphatic heterocycles. The third-order valence-corrected chi connectivity index (χ3v) is 7.14. The van der Waals surface area contributed by atoms with E-state index >= 15 is 0 Å². The number of Topliss-reactive ketones (excluding diaryl/α,β-unsaturated/α-hetero) is 1. The van der Waals surface area contributed by atoms with Crippen molar-refractivity contribution in [1.29, 1.82) is 0 Å². The Balaban J connectivity index is 1.41. The summed E-state index contributed by atoms with van der Waals surface area (Å²) in [5.41, 5.74) is 2.76. The highest BCUT2D eigenvalue weighted by Crippen LogP contribution is 2.34. The van der Waals surface area contributed by atoms with Crippen molar-refractivity contribution in [1.82, 2.24) is 19.5 Å². The predicted octanol–water partition coefficient (Wildman–Crippen LogP) is 5.76. The van der Waals surface area contributed by atoms with Gasteiger partial charge in [0, 0.05) is 41.0 Å². The van der Waals surface area contributed by atoms with E-state index in [-0.39, 0.29) is 41.3 Å². The van der Waals surface area contributed by atoms with Crippen LogP contribution in [0.1, 0.15) is 41.5 Å². The number of aliphatic hydroxyl groups excluding tert-OH is 1. The van der Waals surface area contributed by atoms with E-state index in [1.807, 2.05) is 42.5 Å². The highest BCUT2D eigenvalue weighted by atomic mass is 19.4. The molecule has 7 nitrogen and oxygen atoms in total. The minimum absolute atomic E-state index is 0.143. The molecule has 5 aromatic rings. The standard InChI is InChI=1S/C32H29F3N4O3/c33-32(34,35)30(41)23-10-5-9-22(16-23)29-19-37-28(11-4-8-21-6-2-1-3-7-21)31(42)39(29)20-26(40)13-12-25-17-24-18-36-15-14-27(24)38-25/h1-3,5-7,9-10,14-19,30,38,41H,4,8,11-13,20H2. The molecule has 0 radical (unpaired) electrons. The van der Waals surface area contributed by atoms with Crippen LogP contribution in [0.2, 0.25) is 0 Å². The zero-order chi connectivity index (χ0) is 29.7. The maximum Gasteiger partial charge on any atom is 0.418 e. The second-order valence-electron chi connectivity index (χ2n) is 10.2. The predicted molar refractivity (Wildman–Crippen MR) is 153 cm³/mol. The molecule has 1 unspecified atom stereocenters. The van der Waals surface area contributed by atoms with Crippen molar-refractivity contribution in [3.8, 4) is 11.3 Å². The molecule has 0 bridgehead atoms. The molecule has 3 aromatic heterocycles. The van der Waals surface area contributed by atoms with Crippen molar-refractivity contribution in [2.75, 3.05) is 0 Å². The van der Waals surface area contributed by atoms with Crippen molar-refractivity contribution in [2.24, 2.45) is 0 Å². The average molecular weight is 575 g/mol. The van der Waals surface area contributed by atoms with Crippen molar-refractivity contribution in [3.63, 3.8) is 0 Å². The quantitative estimate of drug-likeness (QED) is 0.209. The van der Waals surface area contributed by atoms with E-state index in [0.717, 1.165) is 34.6 Å². The van der Waals surface area contributed by atoms with Gasteiger partial charge in [0.2, 0.25) is 0 Å². The summed E-state index contributed by atoms with van der Waals surface area (Å²) in [4.78, 5) is 38.5. The lowest BCUT2D eigenvalue weighted by atomic mass is 10.0. The highest BCUT2D eigenvalue weighted by Gasteiger charge is 2.39. The van der Waals surface area contributed by atoms with Crippen LogP contribution in [0.15, 0.2) is 90.1 Å². The lowest BCUT2D eigenvalue weighted by molar-refractivity contribution is -0.206. The second-order valence-corrected chi connectivity index (χ2v) is 10.2. The first-order valence-corrected chi connectivity index (χ1v) is 13.6. The van der Waals surface area contributed by atoms with Gasteiger partial charge < -0.3 is 10.1 Å². The number of alkyl halides is 3. The molecule has 0 spiro atoms. The molecule has 2 aromatic carbocycles. The number of rotatable bonds is 11. The molecule has 0 saturated carbocycles. The van der Waals surface area contributed by atoms with Crippen LogP contribution < -0.4 is 5.56 Å². The number of fused-ring (bicyclic) bond motifs is 1. The Bertz CT molecular complexity index is 1710. The van der Waals surface area contributed by atoms with Crippen LogP contribution in [0.25, 0.3) is 22.2 Å². The smallest absolute Gasteiger partial charge is 0.379 e. The Labute approximate surface area is 239 Å². The third kappa shape index (κ3) is 6.83. The number of benzene rings is 2. The maximum absolute atomic E-state index is 13.6. The fraction of sp³-hybridized carbons (Fsp3) is 0.250. The zero-order valence-corrected chi connectivity index (χ0v) is 22.6. The van der Waals surface area contributed by atoms with Gasteiger partial charge in [-0.15, -0.1) is 0 Å². The number of aromatic amines is 1. The fourth-order valence-corrected chi connectivity index (χ4v) is 4.95. The Hall–Kier alpha value is -4.57. The number of carbonyl (C=O) groups excluding carboxylic acids is 1. The maximum atomic E-state index is 13.6. The topological polar surface area (TPSA) is 101 Å². The summed E-state index contributed by atoms with van der Waals surface area (Å²) in [5.74, 6) is -0.219. The third-order valence-electron chi connectivity index (χ3n) is 7.14. The summed E-state index contributed by atoms with van der Waals surface area (Å²) in [7, 11) is 0. The number of aromatic nitrogens is 4. The van der Waals surface area contributed by atoms with Crippen LogP contribution in [-0.4, -0.2) is 36.6 Å². The minimum Gasteiger partial charge on any atom is -0.379 e. The number of halogens is 3. The summed E-state index contributed by atoms with van der Waals surface area (Å²) < 4.78 is 40.9. The van der Waals surface area contributed by atoms with E-state index in [4.69, 9.17) is 0 Å². The first-order valence-electron chi connectivity index (χ1n) is 13.6. The van der Waals surface area contributed by atoms with E-state index < -0.39 is 17.8 Å². The van der Waals surface area contributed by atoms with Gasteiger partial charge in [0.1, 0.15) is 5.69 Å². The average Bonchev–Trinajstić information content (AvgIpc) is 3.41. The Morgan fingerprint density at radius 3 is 2.55 bits per heavy atom. The molecule has 0 aliphatic carbocycles. The molecule has 0 saturated heterocycles. The monoisotopic (exact) mass is 574 g/mol. The van der Waals surface area contributed by atoms with E-state index in [9.17, 15) is 27.9 Å². The molecule has 216 valence electrons. The summed E-state index contributed by atoms with van der Waals surface area (Å²) in [5, 5.41) is 10.7. The first kappa shape index (κ1) is 28.9. The van der Waals surface area contributed by atoms with Gasteiger partial charge in [-0.1, -0.05) is 48.5 Å². The number of hydrogen-bond donors (Lipinski definition) is 2. The van der Waals surface area contributed by atoms with Gasteiger partial charge in [-0.2, -0.15) is 13.2 Å². The molecule has 5 rings (SSSR count). The summed E-state index contributed by atoms with van der Waals surface area (Å²) in [6.07, 6.45) is -0.403. The molecule has 0 amide bonds. The first-order chi connectivity index (χ1) is 20.2. The normalized spacial score (nSPS) is 12.5. The number of carbonyl (C=O) groups is 1. The van der Waals surface area contributed by atoms with E-state index in [2.05, 4.69) is 15.0 Å². The number of H-pyrrole nitrogens is 1. The molecular formula is C32H29F3N4O3. The van der Waals surface area contributed by atoms with E-state index in [1.165, 1.54) is 29.0 Å². The van der Waals surface area contributed by atoms with Gasteiger partial charge in [-0.05, 0) is 55.0 Å². The summed E-state index contributed by atoms with van der Waals surface area (Å²) in [6.45, 7) is -0.268. The van der Waals surface area contributed by atoms with Gasteiger partial charge in [-0.25, -0.2) is 0 Å². The van der Waals surface area contributed by atoms with Crippen LogP contribution >= 0.6 is 0 Å². The number of nitrogens with one attached hydrogen (secondary N) is 1. The van der Waals surface area contributed by atoms with E-state index in [0.29, 0.717) is 19.3 Å². The largest absolute Gasteiger partial charge is 0.418 e. The lowest BCUT2D eigenvalue weighted by Crippen LogP contribution is -2.30. The Morgan fingerprint density at radius 1 is 0.976 bits per heavy atom. The molecule has 2 N–H and O–H groups in total. The van der Waals surface area contributed by atoms with E-state index in [1.54, 1.807) is 12.4 Å². The minimum atomic E-state index is -4.85. The zero-order valence-electron chi connectivity index (χ0n) is 22.6. The second kappa shape index (κ2) is 12.5. The van der Waals surface area contributed by atoms with Crippen LogP contribution in [-0.2, 0) is 30.6 Å². The number of ketones is 1. The fourth-order valence-electron chi connectivity index (χ4n) is 4.95. The van der Waals surface area contributed by atoms with Crippen LogP contribution in [0.5, 0.6) is 0 Å². The SMILES string of the molecule is O=C(CCc1cc2cnccc2[nH]1)Cn1c(-c2cccc(C(O)C(F)(F)F)c2)cnc(CCCc2ccccc2)c1=O. The Morgan fingerprint density at radius 2 is 1.79 bits per heavy atom. The van der Waals surface area contributed by atoms with Crippen molar-refractivity contribution in [3.05, 3.63) is 118 Å². The van der Waals surface area contributed by atoms with Crippen molar-refractivity contribution in [2.45, 2.75) is 50.9 Å². The molecule has 0 fully saturated rings. The molecule has 3 heterocycles. The number of nitrogens with zero attached hydrogens (tertiary/aromatic N) is 3. The van der Waals surface area contributed by atoms with Gasteiger partial charge in [0.05, 0.1) is 18.4 Å². The molecule has 1 atom stereocenters. The summed E-state index contributed by atoms with van der Waals surface area (Å²) in [6, 6.07) is 18.8. The van der Waals surface area contributed by atoms with Gasteiger partial charge in [0.15, 0.2) is 11.9 Å². The molecular weight excluding hydrogens is 545 g/mol. The van der Waals surface area contributed by atoms with Crippen molar-refractivity contribution < 1.29 is 23.1 Å². The molecule has 42 heavy (non-hydrogen) atoms. The van der Waals surface area contributed by atoms with Crippen LogP contribution in [0.4, 0.5) is 13.2 Å². The van der Waals surface area contributed by atoms with Crippen LogP contribution in [0, 0.1) is 0 Å². The number of aryl methyl sites for hydroxylation is 3. The molecule has 0 aliphatic rings.